The molecule has 0 radical (unpaired) electrons. The van der Waals surface area contributed by atoms with Gasteiger partial charge in [0.15, 0.2) is 0 Å². The summed E-state index contributed by atoms with van der Waals surface area (Å²) < 4.78 is 2.21. The minimum atomic E-state index is -0.422. The third-order valence-electron chi connectivity index (χ3n) is 3.80. The van der Waals surface area contributed by atoms with E-state index in [1.165, 1.54) is 6.92 Å². The Hall–Kier alpha value is -3.61. The van der Waals surface area contributed by atoms with Crippen molar-refractivity contribution in [1.29, 1.82) is 0 Å². The number of aromatic nitrogens is 4. The van der Waals surface area contributed by atoms with Crippen molar-refractivity contribution in [3.05, 3.63) is 86.6 Å². The molecule has 7 heteroatoms. The molecule has 2 aromatic carbocycles. The number of aryl methyl sites for hydroxylation is 1. The molecule has 0 amide bonds. The van der Waals surface area contributed by atoms with Gasteiger partial charge in [0.2, 0.25) is 0 Å². The topological polar surface area (TPSA) is 81.6 Å². The highest BCUT2D eigenvalue weighted by molar-refractivity contribution is 5.80. The SMILES string of the molecule is Cc1nn2c(=O)c3ccccc3nc2n(/N=C/c2ccccc2)c1=O. The van der Waals surface area contributed by atoms with E-state index in [4.69, 9.17) is 0 Å². The Morgan fingerprint density at radius 1 is 0.960 bits per heavy atom. The third kappa shape index (κ3) is 2.51. The van der Waals surface area contributed by atoms with E-state index >= 15 is 0 Å². The molecule has 0 aliphatic rings. The van der Waals surface area contributed by atoms with Gasteiger partial charge in [-0.2, -0.15) is 19.4 Å². The lowest BCUT2D eigenvalue weighted by molar-refractivity contribution is 0.717. The van der Waals surface area contributed by atoms with Gasteiger partial charge < -0.3 is 0 Å². The minimum absolute atomic E-state index is 0.0754. The molecule has 0 saturated carbocycles. The standard InChI is InChI=1S/C18H13N5O2/c1-12-16(24)22(19-11-13-7-3-2-4-8-13)18-20-15-10-6-5-9-14(15)17(25)23(18)21-12/h2-11H,1H3/b19-11+. The van der Waals surface area contributed by atoms with Crippen molar-refractivity contribution in [1.82, 2.24) is 19.3 Å². The average molecular weight is 331 g/mol. The first-order chi connectivity index (χ1) is 12.1. The highest BCUT2D eigenvalue weighted by Gasteiger charge is 2.13. The Bertz CT molecular complexity index is 1240. The second-order valence-corrected chi connectivity index (χ2v) is 5.50. The van der Waals surface area contributed by atoms with Crippen LogP contribution in [-0.4, -0.2) is 25.5 Å². The molecule has 25 heavy (non-hydrogen) atoms. The Kier molecular flexibility index (Phi) is 3.46. The molecule has 4 aromatic rings. The van der Waals surface area contributed by atoms with Crippen LogP contribution >= 0.6 is 0 Å². The number of para-hydroxylation sites is 1. The Morgan fingerprint density at radius 3 is 2.48 bits per heavy atom. The van der Waals surface area contributed by atoms with Gasteiger partial charge in [0.25, 0.3) is 16.9 Å². The Balaban J connectivity index is 2.06. The maximum atomic E-state index is 12.7. The molecule has 0 aliphatic carbocycles. The van der Waals surface area contributed by atoms with Crippen molar-refractivity contribution in [2.45, 2.75) is 6.92 Å². The Morgan fingerprint density at radius 2 is 1.68 bits per heavy atom. The van der Waals surface area contributed by atoms with E-state index in [2.05, 4.69) is 15.2 Å². The van der Waals surface area contributed by atoms with Crippen LogP contribution in [0.1, 0.15) is 11.3 Å². The van der Waals surface area contributed by atoms with Gasteiger partial charge >= 0.3 is 0 Å². The summed E-state index contributed by atoms with van der Waals surface area (Å²) in [6.45, 7) is 1.54. The highest BCUT2D eigenvalue weighted by Crippen LogP contribution is 2.07. The van der Waals surface area contributed by atoms with E-state index in [9.17, 15) is 9.59 Å². The van der Waals surface area contributed by atoms with E-state index in [-0.39, 0.29) is 17.0 Å². The van der Waals surface area contributed by atoms with Crippen LogP contribution in [0.2, 0.25) is 0 Å². The van der Waals surface area contributed by atoms with Crippen LogP contribution in [0, 0.1) is 6.92 Å². The minimum Gasteiger partial charge on any atom is -0.267 e. The molecule has 0 spiro atoms. The lowest BCUT2D eigenvalue weighted by Gasteiger charge is -2.07. The molecule has 0 bridgehead atoms. The normalized spacial score (nSPS) is 11.6. The van der Waals surface area contributed by atoms with Gasteiger partial charge in [0.05, 0.1) is 17.1 Å². The van der Waals surface area contributed by atoms with Crippen molar-refractivity contribution in [2.75, 3.05) is 0 Å². The summed E-state index contributed by atoms with van der Waals surface area (Å²) in [6, 6.07) is 16.3. The monoisotopic (exact) mass is 331 g/mol. The van der Waals surface area contributed by atoms with E-state index in [1.54, 1.807) is 30.5 Å². The number of hydrogen-bond acceptors (Lipinski definition) is 5. The largest absolute Gasteiger partial charge is 0.297 e. The van der Waals surface area contributed by atoms with Crippen molar-refractivity contribution < 1.29 is 0 Å². The van der Waals surface area contributed by atoms with Crippen LogP contribution in [-0.2, 0) is 0 Å². The first-order valence-electron chi connectivity index (χ1n) is 7.66. The predicted molar refractivity (Wildman–Crippen MR) is 95.2 cm³/mol. The summed E-state index contributed by atoms with van der Waals surface area (Å²) in [5.74, 6) is 0.0754. The second kappa shape index (κ2) is 5.79. The summed E-state index contributed by atoms with van der Waals surface area (Å²) in [4.78, 5) is 29.6. The summed E-state index contributed by atoms with van der Waals surface area (Å²) >= 11 is 0. The van der Waals surface area contributed by atoms with Gasteiger partial charge in [-0.15, -0.1) is 0 Å². The molecule has 0 aliphatic heterocycles. The smallest absolute Gasteiger partial charge is 0.267 e. The molecule has 0 fully saturated rings. The van der Waals surface area contributed by atoms with E-state index in [1.807, 2.05) is 30.3 Å². The first-order valence-corrected chi connectivity index (χ1v) is 7.66. The number of fused-ring (bicyclic) bond motifs is 2. The molecule has 0 N–H and O–H groups in total. The van der Waals surface area contributed by atoms with Gasteiger partial charge in [0, 0.05) is 0 Å². The van der Waals surface area contributed by atoms with Gasteiger partial charge in [-0.05, 0) is 24.6 Å². The third-order valence-corrected chi connectivity index (χ3v) is 3.80. The summed E-state index contributed by atoms with van der Waals surface area (Å²) in [5.41, 5.74) is 0.713. The number of hydrogen-bond donors (Lipinski definition) is 0. The van der Waals surface area contributed by atoms with Crippen molar-refractivity contribution in [2.24, 2.45) is 5.10 Å². The zero-order valence-corrected chi connectivity index (χ0v) is 13.3. The Labute approximate surface area is 141 Å². The molecule has 0 unspecified atom stereocenters. The maximum Gasteiger partial charge on any atom is 0.297 e. The van der Waals surface area contributed by atoms with Crippen LogP contribution in [0.5, 0.6) is 0 Å². The van der Waals surface area contributed by atoms with Crippen molar-refractivity contribution >= 4 is 22.9 Å². The van der Waals surface area contributed by atoms with E-state index < -0.39 is 5.56 Å². The van der Waals surface area contributed by atoms with Crippen molar-refractivity contribution in [3.8, 4) is 0 Å². The number of benzene rings is 2. The van der Waals surface area contributed by atoms with Crippen LogP contribution in [0.15, 0.2) is 69.3 Å². The molecule has 4 rings (SSSR count). The second-order valence-electron chi connectivity index (χ2n) is 5.50. The molecule has 2 heterocycles. The maximum absolute atomic E-state index is 12.7. The fourth-order valence-corrected chi connectivity index (χ4v) is 2.54. The van der Waals surface area contributed by atoms with Gasteiger partial charge in [-0.3, -0.25) is 9.59 Å². The molecular weight excluding hydrogens is 318 g/mol. The first kappa shape index (κ1) is 14.9. The number of nitrogens with zero attached hydrogens (tertiary/aromatic N) is 5. The van der Waals surface area contributed by atoms with Gasteiger partial charge in [0.1, 0.15) is 5.69 Å². The van der Waals surface area contributed by atoms with Crippen LogP contribution in [0.25, 0.3) is 16.7 Å². The average Bonchev–Trinajstić information content (AvgIpc) is 2.64. The molecule has 2 aromatic heterocycles. The quantitative estimate of drug-likeness (QED) is 0.413. The summed E-state index contributed by atoms with van der Waals surface area (Å²) in [7, 11) is 0. The highest BCUT2D eigenvalue weighted by atomic mass is 16.1. The molecule has 0 saturated heterocycles. The van der Waals surface area contributed by atoms with Crippen LogP contribution in [0.4, 0.5) is 0 Å². The predicted octanol–water partition coefficient (Wildman–Crippen LogP) is 1.60. The number of rotatable bonds is 2. The zero-order valence-electron chi connectivity index (χ0n) is 13.3. The molecule has 122 valence electrons. The lowest BCUT2D eigenvalue weighted by atomic mass is 10.2. The van der Waals surface area contributed by atoms with E-state index in [0.717, 1.165) is 14.8 Å². The summed E-state index contributed by atoms with van der Waals surface area (Å²) in [5, 5.41) is 8.74. The van der Waals surface area contributed by atoms with Gasteiger partial charge in [-0.1, -0.05) is 42.5 Å². The lowest BCUT2D eigenvalue weighted by Crippen LogP contribution is -2.30. The molecule has 7 nitrogen and oxygen atoms in total. The fraction of sp³-hybridized carbons (Fsp3) is 0.0556. The van der Waals surface area contributed by atoms with Crippen molar-refractivity contribution in [3.63, 3.8) is 0 Å². The van der Waals surface area contributed by atoms with Gasteiger partial charge in [-0.25, -0.2) is 4.98 Å². The molecular formula is C18H13N5O2. The van der Waals surface area contributed by atoms with Crippen LogP contribution in [0.3, 0.4) is 0 Å². The van der Waals surface area contributed by atoms with E-state index in [0.29, 0.717) is 10.9 Å². The zero-order chi connectivity index (χ0) is 17.4. The van der Waals surface area contributed by atoms with Crippen LogP contribution < -0.4 is 11.1 Å². The fourth-order valence-electron chi connectivity index (χ4n) is 2.54. The molecule has 0 atom stereocenters. The summed E-state index contributed by atoms with van der Waals surface area (Å²) in [6.07, 6.45) is 1.54.